The number of benzene rings is 2. The number of sulfonamides is 1. The Bertz CT molecular complexity index is 864. The first-order valence-electron chi connectivity index (χ1n) is 9.92. The lowest BCUT2D eigenvalue weighted by atomic mass is 10.0. The molecule has 152 valence electrons. The van der Waals surface area contributed by atoms with Gasteiger partial charge in [-0.1, -0.05) is 36.4 Å². The summed E-state index contributed by atoms with van der Waals surface area (Å²) in [5.41, 5.74) is 3.39. The third-order valence-electron chi connectivity index (χ3n) is 5.64. The molecule has 0 amide bonds. The molecule has 0 radical (unpaired) electrons. The van der Waals surface area contributed by atoms with E-state index in [0.29, 0.717) is 6.04 Å². The second-order valence-electron chi connectivity index (χ2n) is 7.55. The van der Waals surface area contributed by atoms with Gasteiger partial charge in [0.2, 0.25) is 10.0 Å². The van der Waals surface area contributed by atoms with Crippen LogP contribution in [0.25, 0.3) is 11.1 Å². The maximum absolute atomic E-state index is 12.4. The smallest absolute Gasteiger partial charge is 0.242 e. The van der Waals surface area contributed by atoms with E-state index in [4.69, 9.17) is 5.11 Å². The second-order valence-corrected chi connectivity index (χ2v) is 9.59. The van der Waals surface area contributed by atoms with Gasteiger partial charge in [0.25, 0.3) is 0 Å². The normalized spacial score (nSPS) is 18.1. The molecule has 3 rings (SSSR count). The Morgan fingerprint density at radius 3 is 2.21 bits per heavy atom. The second kappa shape index (κ2) is 9.18. The molecule has 1 fully saturated rings. The van der Waals surface area contributed by atoms with Crippen molar-refractivity contribution in [3.63, 3.8) is 0 Å². The maximum atomic E-state index is 12.4. The van der Waals surface area contributed by atoms with Crippen molar-refractivity contribution in [3.8, 4) is 11.1 Å². The minimum Gasteiger partial charge on any atom is -0.395 e. The number of aliphatic hydroxyl groups is 1. The molecule has 1 atom stereocenters. The molecule has 0 saturated carbocycles. The van der Waals surface area contributed by atoms with Crippen LogP contribution in [0.1, 0.15) is 25.3 Å². The van der Waals surface area contributed by atoms with Gasteiger partial charge >= 0.3 is 0 Å². The zero-order chi connectivity index (χ0) is 20.1. The van der Waals surface area contributed by atoms with Gasteiger partial charge in [-0.2, -0.15) is 4.31 Å². The Labute approximate surface area is 168 Å². The van der Waals surface area contributed by atoms with Crippen LogP contribution in [0.4, 0.5) is 0 Å². The first-order chi connectivity index (χ1) is 13.4. The minimum atomic E-state index is -3.56. The zero-order valence-electron chi connectivity index (χ0n) is 16.7. The minimum absolute atomic E-state index is 0.0851. The van der Waals surface area contributed by atoms with Gasteiger partial charge in [0.05, 0.1) is 11.5 Å². The summed E-state index contributed by atoms with van der Waals surface area (Å²) < 4.78 is 26.0. The van der Waals surface area contributed by atoms with Crippen LogP contribution in [0.5, 0.6) is 0 Å². The largest absolute Gasteiger partial charge is 0.395 e. The van der Waals surface area contributed by atoms with Gasteiger partial charge in [-0.3, -0.25) is 0 Å². The van der Waals surface area contributed by atoms with E-state index in [-0.39, 0.29) is 18.0 Å². The summed E-state index contributed by atoms with van der Waals surface area (Å²) in [6, 6.07) is 16.1. The fourth-order valence-electron chi connectivity index (χ4n) is 3.72. The molecule has 0 spiro atoms. The van der Waals surface area contributed by atoms with E-state index in [1.807, 2.05) is 12.1 Å². The lowest BCUT2D eigenvalue weighted by Crippen LogP contribution is -2.29. The van der Waals surface area contributed by atoms with Gasteiger partial charge in [-0.25, -0.2) is 8.42 Å². The highest BCUT2D eigenvalue weighted by atomic mass is 32.2. The highest BCUT2D eigenvalue weighted by molar-refractivity contribution is 7.89. The Hall–Kier alpha value is -1.73. The van der Waals surface area contributed by atoms with Crippen molar-refractivity contribution < 1.29 is 13.5 Å². The molecule has 0 aliphatic carbocycles. The number of likely N-dealkylation sites (tertiary alicyclic amines) is 1. The molecule has 2 aromatic rings. The molecule has 0 unspecified atom stereocenters. The fourth-order valence-corrected chi connectivity index (χ4v) is 4.88. The Morgan fingerprint density at radius 1 is 1.07 bits per heavy atom. The van der Waals surface area contributed by atoms with Crippen LogP contribution in [0.15, 0.2) is 53.4 Å². The number of likely N-dealkylation sites (N-methyl/N-ethyl adjacent to an activating group) is 1. The summed E-state index contributed by atoms with van der Waals surface area (Å²) >= 11 is 0. The molecule has 0 bridgehead atoms. The molecule has 2 aromatic carbocycles. The summed E-state index contributed by atoms with van der Waals surface area (Å²) in [6.45, 7) is 4.51. The van der Waals surface area contributed by atoms with E-state index in [9.17, 15) is 8.42 Å². The van der Waals surface area contributed by atoms with Crippen LogP contribution in [0, 0.1) is 0 Å². The number of hydrogen-bond acceptors (Lipinski definition) is 4. The van der Waals surface area contributed by atoms with Gasteiger partial charge in [0, 0.05) is 26.2 Å². The monoisotopic (exact) mass is 402 g/mol. The predicted molar refractivity (Wildman–Crippen MR) is 113 cm³/mol. The molecule has 1 heterocycles. The summed E-state index contributed by atoms with van der Waals surface area (Å²) in [4.78, 5) is 2.80. The highest BCUT2D eigenvalue weighted by Crippen LogP contribution is 2.24. The van der Waals surface area contributed by atoms with E-state index in [2.05, 4.69) is 36.1 Å². The van der Waals surface area contributed by atoms with Gasteiger partial charge < -0.3 is 10.0 Å². The molecule has 28 heavy (non-hydrogen) atoms. The van der Waals surface area contributed by atoms with E-state index < -0.39 is 10.0 Å². The van der Waals surface area contributed by atoms with Crippen molar-refractivity contribution in [3.05, 3.63) is 54.1 Å². The van der Waals surface area contributed by atoms with Crippen LogP contribution < -0.4 is 0 Å². The van der Waals surface area contributed by atoms with Gasteiger partial charge in [-0.05, 0) is 61.6 Å². The fraction of sp³-hybridized carbons (Fsp3) is 0.455. The Kier molecular flexibility index (Phi) is 6.88. The number of nitrogens with zero attached hydrogens (tertiary/aromatic N) is 2. The summed E-state index contributed by atoms with van der Waals surface area (Å²) in [6.07, 6.45) is 3.67. The standard InChI is InChI=1S/C22H30N2O3S/c1-18-4-3-14-24(18)15-13-19-5-7-20(8-6-19)21-9-11-22(12-10-21)28(26,27)23(2)16-17-25/h5-12,18,25H,3-4,13-17H2,1-2H3/t18-/m1/s1. The van der Waals surface area contributed by atoms with Crippen LogP contribution in [0.2, 0.25) is 0 Å². The summed E-state index contributed by atoms with van der Waals surface area (Å²) in [7, 11) is -2.08. The molecule has 5 nitrogen and oxygen atoms in total. The molecule has 1 aliphatic rings. The quantitative estimate of drug-likeness (QED) is 0.737. The van der Waals surface area contributed by atoms with Gasteiger partial charge in [0.15, 0.2) is 0 Å². The predicted octanol–water partition coefficient (Wildman–Crippen LogP) is 2.99. The van der Waals surface area contributed by atoms with Crippen LogP contribution in [0.3, 0.4) is 0 Å². The molecule has 0 aromatic heterocycles. The van der Waals surface area contributed by atoms with Crippen molar-refractivity contribution in [2.75, 3.05) is 33.3 Å². The SMILES string of the molecule is C[C@@H]1CCCN1CCc1ccc(-c2ccc(S(=O)(=O)N(C)CCO)cc2)cc1. The Morgan fingerprint density at radius 2 is 1.68 bits per heavy atom. The van der Waals surface area contributed by atoms with Crippen molar-refractivity contribution in [1.82, 2.24) is 9.21 Å². The van der Waals surface area contributed by atoms with Crippen molar-refractivity contribution >= 4 is 10.0 Å². The number of aliphatic hydroxyl groups excluding tert-OH is 1. The molecule has 6 heteroatoms. The first-order valence-corrected chi connectivity index (χ1v) is 11.4. The van der Waals surface area contributed by atoms with Crippen molar-refractivity contribution in [2.24, 2.45) is 0 Å². The van der Waals surface area contributed by atoms with E-state index in [0.717, 1.165) is 28.4 Å². The molecule has 1 saturated heterocycles. The molecular formula is C22H30N2O3S. The average molecular weight is 403 g/mol. The Balaban J connectivity index is 1.65. The molecular weight excluding hydrogens is 372 g/mol. The third-order valence-corrected chi connectivity index (χ3v) is 7.51. The topological polar surface area (TPSA) is 60.9 Å². The van der Waals surface area contributed by atoms with Crippen LogP contribution in [-0.2, 0) is 16.4 Å². The number of hydrogen-bond donors (Lipinski definition) is 1. The molecule has 1 N–H and O–H groups in total. The van der Waals surface area contributed by atoms with Crippen LogP contribution >= 0.6 is 0 Å². The van der Waals surface area contributed by atoms with E-state index in [1.165, 1.54) is 32.0 Å². The maximum Gasteiger partial charge on any atom is 0.242 e. The van der Waals surface area contributed by atoms with Crippen LogP contribution in [-0.4, -0.2) is 62.1 Å². The van der Waals surface area contributed by atoms with Gasteiger partial charge in [0.1, 0.15) is 0 Å². The highest BCUT2D eigenvalue weighted by Gasteiger charge is 2.20. The zero-order valence-corrected chi connectivity index (χ0v) is 17.5. The lowest BCUT2D eigenvalue weighted by molar-refractivity contribution is 0.266. The first kappa shape index (κ1) is 21.0. The average Bonchev–Trinajstić information content (AvgIpc) is 3.12. The van der Waals surface area contributed by atoms with E-state index in [1.54, 1.807) is 12.1 Å². The van der Waals surface area contributed by atoms with E-state index >= 15 is 0 Å². The van der Waals surface area contributed by atoms with Gasteiger partial charge in [-0.15, -0.1) is 0 Å². The summed E-state index contributed by atoms with van der Waals surface area (Å²) in [5.74, 6) is 0. The molecule has 1 aliphatic heterocycles. The van der Waals surface area contributed by atoms with Crippen molar-refractivity contribution in [1.29, 1.82) is 0 Å². The van der Waals surface area contributed by atoms with Crippen molar-refractivity contribution in [2.45, 2.75) is 37.1 Å². The lowest BCUT2D eigenvalue weighted by Gasteiger charge is -2.20. The summed E-state index contributed by atoms with van der Waals surface area (Å²) in [5, 5.41) is 8.97. The third kappa shape index (κ3) is 4.81. The number of rotatable bonds is 8.